The van der Waals surface area contributed by atoms with Crippen molar-refractivity contribution in [2.75, 3.05) is 20.2 Å². The van der Waals surface area contributed by atoms with Crippen molar-refractivity contribution in [3.05, 3.63) is 35.3 Å². The average Bonchev–Trinajstić information content (AvgIpc) is 2.68. The molecule has 0 aromatic heterocycles. The van der Waals surface area contributed by atoms with E-state index in [1.54, 1.807) is 11.8 Å². The van der Waals surface area contributed by atoms with E-state index in [2.05, 4.69) is 23.3 Å². The number of amides is 1. The van der Waals surface area contributed by atoms with Crippen molar-refractivity contribution < 1.29 is 14.3 Å². The molecule has 6 heteroatoms. The highest BCUT2D eigenvalue weighted by Crippen LogP contribution is 2.31. The van der Waals surface area contributed by atoms with E-state index in [-0.39, 0.29) is 24.3 Å². The third-order valence-corrected chi connectivity index (χ3v) is 4.20. The van der Waals surface area contributed by atoms with Gasteiger partial charge in [0, 0.05) is 31.7 Å². The molecule has 22 heavy (non-hydrogen) atoms. The van der Waals surface area contributed by atoms with Gasteiger partial charge in [0.25, 0.3) is 5.91 Å². The second kappa shape index (κ2) is 5.87. The number of ether oxygens (including phenoxy) is 1. The fraction of sp³-hybridized carbons (Fsp3) is 0.500. The summed E-state index contributed by atoms with van der Waals surface area (Å²) in [5.74, 6) is -0.887. The fourth-order valence-electron chi connectivity index (χ4n) is 3.04. The highest BCUT2D eigenvalue weighted by atomic mass is 16.5. The molecule has 3 aliphatic heterocycles. The quantitative estimate of drug-likeness (QED) is 0.611. The van der Waals surface area contributed by atoms with Gasteiger partial charge in [-0.25, -0.2) is 4.79 Å². The Hall–Kier alpha value is -2.24. The van der Waals surface area contributed by atoms with Crippen LogP contribution in [0.5, 0.6) is 0 Å². The minimum atomic E-state index is -0.579. The van der Waals surface area contributed by atoms with Gasteiger partial charge in [-0.3, -0.25) is 9.69 Å². The average molecular weight is 303 g/mol. The van der Waals surface area contributed by atoms with Crippen molar-refractivity contribution in [2.45, 2.75) is 32.4 Å². The van der Waals surface area contributed by atoms with Crippen LogP contribution in [-0.2, 0) is 14.3 Å². The van der Waals surface area contributed by atoms with Crippen molar-refractivity contribution in [1.29, 1.82) is 0 Å². The van der Waals surface area contributed by atoms with E-state index < -0.39 is 5.97 Å². The first kappa shape index (κ1) is 14.7. The number of allylic oxidation sites excluding steroid dienone is 1. The van der Waals surface area contributed by atoms with Crippen molar-refractivity contribution in [1.82, 2.24) is 15.1 Å². The molecule has 1 atom stereocenters. The van der Waals surface area contributed by atoms with Gasteiger partial charge in [0.2, 0.25) is 0 Å². The number of esters is 1. The summed E-state index contributed by atoms with van der Waals surface area (Å²) in [6.45, 7) is 3.00. The van der Waals surface area contributed by atoms with Crippen LogP contribution in [0.15, 0.2) is 35.3 Å². The summed E-state index contributed by atoms with van der Waals surface area (Å²) < 4.78 is 4.94. The third-order valence-electron chi connectivity index (χ3n) is 4.20. The Bertz CT molecular complexity index is 591. The zero-order valence-corrected chi connectivity index (χ0v) is 13.0. The molecule has 118 valence electrons. The molecule has 0 saturated carbocycles. The molecule has 0 aromatic rings. The first-order chi connectivity index (χ1) is 10.6. The lowest BCUT2D eigenvalue weighted by Crippen LogP contribution is -2.50. The molecule has 3 aliphatic rings. The van der Waals surface area contributed by atoms with Gasteiger partial charge in [-0.2, -0.15) is 0 Å². The molecule has 3 heterocycles. The lowest BCUT2D eigenvalue weighted by Gasteiger charge is -2.37. The van der Waals surface area contributed by atoms with Crippen LogP contribution in [0.1, 0.15) is 26.2 Å². The maximum Gasteiger partial charge on any atom is 0.345 e. The second-order valence-electron chi connectivity index (χ2n) is 5.69. The van der Waals surface area contributed by atoms with Crippen molar-refractivity contribution in [2.24, 2.45) is 0 Å². The van der Waals surface area contributed by atoms with Crippen LogP contribution in [0.2, 0.25) is 0 Å². The largest absolute Gasteiger partial charge is 0.462 e. The van der Waals surface area contributed by atoms with Gasteiger partial charge in [0.05, 0.1) is 6.61 Å². The standard InChI is InChI=1S/C16H21N3O3/c1-3-22-16(21)12-9-17-14-8-13-11(10-19(14)15(12)20)6-4-5-7-18(13)2/h8-10,14,17H,3-7H2,1-2H3. The van der Waals surface area contributed by atoms with Crippen LogP contribution in [0.4, 0.5) is 0 Å². The monoisotopic (exact) mass is 303 g/mol. The summed E-state index contributed by atoms with van der Waals surface area (Å²) in [7, 11) is 2.07. The molecule has 1 saturated heterocycles. The molecular formula is C16H21N3O3. The van der Waals surface area contributed by atoms with Crippen molar-refractivity contribution >= 4 is 11.9 Å². The van der Waals surface area contributed by atoms with Crippen molar-refractivity contribution in [3.8, 4) is 0 Å². The van der Waals surface area contributed by atoms with E-state index in [9.17, 15) is 9.59 Å². The van der Waals surface area contributed by atoms with Crippen LogP contribution < -0.4 is 5.32 Å². The summed E-state index contributed by atoms with van der Waals surface area (Å²) in [5, 5.41) is 3.11. The normalized spacial score (nSPS) is 24.2. The summed E-state index contributed by atoms with van der Waals surface area (Å²) in [4.78, 5) is 28.2. The number of nitrogens with one attached hydrogen (secondary N) is 1. The summed E-state index contributed by atoms with van der Waals surface area (Å²) in [6, 6.07) is 0. The minimum absolute atomic E-state index is 0.0498. The molecule has 1 unspecified atom stereocenters. The number of fused-ring (bicyclic) bond motifs is 2. The van der Waals surface area contributed by atoms with Crippen molar-refractivity contribution in [3.63, 3.8) is 0 Å². The number of nitrogens with zero attached hydrogens (tertiary/aromatic N) is 2. The highest BCUT2D eigenvalue weighted by molar-refractivity contribution is 6.17. The number of hydrogen-bond acceptors (Lipinski definition) is 5. The van der Waals surface area contributed by atoms with E-state index in [0.29, 0.717) is 0 Å². The molecule has 1 N–H and O–H groups in total. The number of rotatable bonds is 2. The molecule has 0 aliphatic carbocycles. The Morgan fingerprint density at radius 3 is 3.05 bits per heavy atom. The predicted octanol–water partition coefficient (Wildman–Crippen LogP) is 1.09. The molecule has 0 radical (unpaired) electrons. The lowest BCUT2D eigenvalue weighted by molar-refractivity contribution is -0.142. The maximum atomic E-state index is 12.5. The maximum absolute atomic E-state index is 12.5. The second-order valence-corrected chi connectivity index (χ2v) is 5.69. The van der Waals surface area contributed by atoms with Gasteiger partial charge < -0.3 is 15.0 Å². The Balaban J connectivity index is 1.89. The van der Waals surface area contributed by atoms with Gasteiger partial charge in [-0.1, -0.05) is 0 Å². The summed E-state index contributed by atoms with van der Waals surface area (Å²) >= 11 is 0. The molecule has 6 nitrogen and oxygen atoms in total. The highest BCUT2D eigenvalue weighted by Gasteiger charge is 2.35. The summed E-state index contributed by atoms with van der Waals surface area (Å²) in [6.07, 6.45) is 8.35. The van der Waals surface area contributed by atoms with Crippen LogP contribution in [0.25, 0.3) is 0 Å². The molecule has 0 aromatic carbocycles. The lowest BCUT2D eigenvalue weighted by atomic mass is 10.0. The van der Waals surface area contributed by atoms with Gasteiger partial charge in [0.15, 0.2) is 0 Å². The van der Waals surface area contributed by atoms with Gasteiger partial charge in [-0.05, 0) is 37.8 Å². The van der Waals surface area contributed by atoms with E-state index in [0.717, 1.165) is 31.4 Å². The number of carbonyl (C=O) groups excluding carboxylic acids is 2. The van der Waals surface area contributed by atoms with Crippen LogP contribution in [0, 0.1) is 0 Å². The number of hydrogen-bond donors (Lipinski definition) is 1. The number of likely N-dealkylation sites (tertiary alicyclic amines) is 1. The molecule has 0 spiro atoms. The van der Waals surface area contributed by atoms with E-state index in [1.165, 1.54) is 11.9 Å². The van der Waals surface area contributed by atoms with Gasteiger partial charge >= 0.3 is 5.97 Å². The first-order valence-electron chi connectivity index (χ1n) is 7.72. The summed E-state index contributed by atoms with van der Waals surface area (Å²) in [5.41, 5.74) is 2.37. The third kappa shape index (κ3) is 2.49. The molecule has 1 amide bonds. The zero-order chi connectivity index (χ0) is 15.7. The molecule has 0 bridgehead atoms. The predicted molar refractivity (Wildman–Crippen MR) is 81.1 cm³/mol. The van der Waals surface area contributed by atoms with Gasteiger partial charge in [0.1, 0.15) is 11.7 Å². The Morgan fingerprint density at radius 1 is 1.45 bits per heavy atom. The fourth-order valence-corrected chi connectivity index (χ4v) is 3.04. The Morgan fingerprint density at radius 2 is 2.27 bits per heavy atom. The zero-order valence-electron chi connectivity index (χ0n) is 13.0. The molecular weight excluding hydrogens is 282 g/mol. The molecule has 1 fully saturated rings. The Kier molecular flexibility index (Phi) is 3.92. The topological polar surface area (TPSA) is 61.9 Å². The molecule has 3 rings (SSSR count). The van der Waals surface area contributed by atoms with Gasteiger partial charge in [-0.15, -0.1) is 0 Å². The minimum Gasteiger partial charge on any atom is -0.462 e. The smallest absolute Gasteiger partial charge is 0.345 e. The van der Waals surface area contributed by atoms with E-state index in [4.69, 9.17) is 4.74 Å². The number of likely N-dealkylation sites (N-methyl/N-ethyl adjacent to an activating group) is 1. The Labute approximate surface area is 130 Å². The van der Waals surface area contributed by atoms with E-state index in [1.807, 2.05) is 6.20 Å². The van der Waals surface area contributed by atoms with Crippen LogP contribution in [-0.4, -0.2) is 48.0 Å². The van der Waals surface area contributed by atoms with E-state index >= 15 is 0 Å². The first-order valence-corrected chi connectivity index (χ1v) is 7.72. The van der Waals surface area contributed by atoms with Crippen LogP contribution in [0.3, 0.4) is 0 Å². The van der Waals surface area contributed by atoms with Crippen LogP contribution >= 0.6 is 0 Å². The SMILES string of the molecule is CCOC(=O)C1=CNC2C=C3C(=CN2C1=O)CCCCN3C. The number of carbonyl (C=O) groups is 2.